The SMILES string of the molecule is CC.CC.CC.Cc1c(Br)c(Br)c(Br)c(Br)c1Br.Cc1c(F)c(F)c(F)c(F)c1F.Cc1c(F)c(F)c(O)c(F)c1F.Cc1c(F)c(F)c2c(F)c(F)c(F)c(F)c2c1F.Cc1c(I)c(I)c(I)c(I)c1I.NS(=O)(=O)c1ccccc1.Nc1ccccc1.Oc1ccccc1. The summed E-state index contributed by atoms with van der Waals surface area (Å²) in [4.78, 5) is 0.148. The summed E-state index contributed by atoms with van der Waals surface area (Å²) >= 11 is 29.4. The average Bonchev–Trinajstić information content (AvgIpc) is 0.746. The van der Waals surface area contributed by atoms with Gasteiger partial charge in [0.15, 0.2) is 75.6 Å². The molecule has 0 atom stereocenters. The monoisotopic (exact) mass is 2270 g/mol. The molecule has 0 amide bonds. The second kappa shape index (κ2) is 46.2. The van der Waals surface area contributed by atoms with E-state index in [1.54, 1.807) is 42.5 Å². The third kappa shape index (κ3) is 26.7. The largest absolute Gasteiger partial charge is 0.508 e. The van der Waals surface area contributed by atoms with E-state index in [4.69, 9.17) is 21.1 Å². The van der Waals surface area contributed by atoms with Crippen LogP contribution in [0, 0.1) is 146 Å². The van der Waals surface area contributed by atoms with E-state index in [9.17, 15) is 78.7 Å². The van der Waals surface area contributed by atoms with Crippen LogP contribution in [0.4, 0.5) is 75.9 Å². The lowest BCUT2D eigenvalue weighted by Gasteiger charge is -2.09. The number of aromatic hydroxyl groups is 2. The zero-order valence-electron chi connectivity index (χ0n) is 51.3. The minimum Gasteiger partial charge on any atom is -0.508 e. The van der Waals surface area contributed by atoms with Gasteiger partial charge in [0.2, 0.25) is 27.5 Å². The van der Waals surface area contributed by atoms with E-state index in [-0.39, 0.29) is 4.90 Å². The number of nitrogens with two attached hydrogens (primary N) is 2. The second-order valence-corrected chi connectivity index (χ2v) is 27.9. The van der Waals surface area contributed by atoms with Crippen molar-refractivity contribution < 1.29 is 88.9 Å². The average molecular weight is 2270 g/mol. The number of halogens is 26. The maximum atomic E-state index is 13.5. The van der Waals surface area contributed by atoms with E-state index in [0.29, 0.717) is 5.75 Å². The number of phenolic OH excluding ortho intramolecular Hbond substituents is 2. The van der Waals surface area contributed by atoms with Crippen LogP contribution < -0.4 is 10.9 Å². The first-order valence-corrected chi connectivity index (χ1v) is 37.3. The van der Waals surface area contributed by atoms with Crippen molar-refractivity contribution in [1.29, 1.82) is 0 Å². The fraction of sp³-hybridized carbons (Fsp3) is 0.175. The summed E-state index contributed by atoms with van der Waals surface area (Å²) in [5, 5.41) is 18.9. The van der Waals surface area contributed by atoms with Gasteiger partial charge in [-0.15, -0.1) is 0 Å². The molecule has 9 rings (SSSR count). The van der Waals surface area contributed by atoms with Crippen LogP contribution in [-0.2, 0) is 10.0 Å². The molecule has 33 heteroatoms. The van der Waals surface area contributed by atoms with Crippen LogP contribution in [0.15, 0.2) is 118 Å². The Kier molecular flexibility index (Phi) is 45.9. The topological polar surface area (TPSA) is 127 Å². The highest BCUT2D eigenvalue weighted by atomic mass is 127. The van der Waals surface area contributed by atoms with Gasteiger partial charge >= 0.3 is 0 Å². The number of sulfonamides is 1. The highest BCUT2D eigenvalue weighted by Gasteiger charge is 2.29. The van der Waals surface area contributed by atoms with Crippen LogP contribution in [0.1, 0.15) is 69.4 Å². The fourth-order valence-corrected chi connectivity index (χ4v) is 14.8. The summed E-state index contributed by atoms with van der Waals surface area (Å²) in [5.74, 6) is -31.9. The number of phenols is 2. The van der Waals surface area contributed by atoms with Gasteiger partial charge in [-0.2, -0.15) is 8.78 Å². The van der Waals surface area contributed by atoms with Gasteiger partial charge in [-0.25, -0.2) is 75.0 Å². The molecule has 0 saturated heterocycles. The van der Waals surface area contributed by atoms with Crippen molar-refractivity contribution in [2.75, 3.05) is 5.73 Å². The Labute approximate surface area is 655 Å². The van der Waals surface area contributed by atoms with Gasteiger partial charge in [-0.1, -0.05) is 96.1 Å². The third-order valence-corrected chi connectivity index (χ3v) is 28.4. The molecule has 96 heavy (non-hydrogen) atoms. The van der Waals surface area contributed by atoms with E-state index in [0.717, 1.165) is 54.4 Å². The molecule has 6 N–H and O–H groups in total. The van der Waals surface area contributed by atoms with Gasteiger partial charge in [0.25, 0.3) is 0 Å². The maximum absolute atomic E-state index is 13.5. The van der Waals surface area contributed by atoms with Crippen LogP contribution in [0.5, 0.6) is 11.5 Å². The van der Waals surface area contributed by atoms with Gasteiger partial charge in [-0.3, -0.25) is 0 Å². The Morgan fingerprint density at radius 3 is 0.854 bits per heavy atom. The van der Waals surface area contributed by atoms with Crippen molar-refractivity contribution in [2.45, 2.75) is 81.1 Å². The predicted molar refractivity (Wildman–Crippen MR) is 407 cm³/mol. The minimum absolute atomic E-state index is 0.148. The number of fused-ring (bicyclic) bond motifs is 1. The lowest BCUT2D eigenvalue weighted by Crippen LogP contribution is -2.11. The number of primary sulfonamides is 1. The summed E-state index contributed by atoms with van der Waals surface area (Å²) < 4.78 is 237. The highest BCUT2D eigenvalue weighted by molar-refractivity contribution is 14.1. The molecule has 9 aromatic carbocycles. The van der Waals surface area contributed by atoms with Crippen molar-refractivity contribution in [3.05, 3.63) is 252 Å². The lowest BCUT2D eigenvalue weighted by atomic mass is 10.0. The summed E-state index contributed by atoms with van der Waals surface area (Å²) in [6, 6.07) is 26.1. The normalized spacial score (nSPS) is 9.98. The molecule has 0 unspecified atom stereocenters. The zero-order valence-corrected chi connectivity index (χ0v) is 70.8. The molecule has 0 aliphatic heterocycles. The fourth-order valence-electron chi connectivity index (χ4n) is 5.97. The van der Waals surface area contributed by atoms with Crippen LogP contribution >= 0.6 is 193 Å². The first kappa shape index (κ1) is 95.5. The molecule has 0 bridgehead atoms. The highest BCUT2D eigenvalue weighted by Crippen LogP contribution is 2.44. The number of rotatable bonds is 1. The molecule has 0 radical (unpaired) electrons. The summed E-state index contributed by atoms with van der Waals surface area (Å²) in [6.07, 6.45) is 0. The zero-order chi connectivity index (χ0) is 75.5. The Morgan fingerprint density at radius 1 is 0.323 bits per heavy atom. The van der Waals surface area contributed by atoms with Crippen LogP contribution in [0.3, 0.4) is 0 Å². The van der Waals surface area contributed by atoms with Gasteiger partial charge in [0.1, 0.15) is 11.6 Å². The van der Waals surface area contributed by atoms with Crippen LogP contribution in [-0.4, -0.2) is 18.6 Å². The molecular formula is C63H54Br5F16I5N2O4S. The molecule has 0 aliphatic carbocycles. The number of hydrogen-bond acceptors (Lipinski definition) is 5. The third-order valence-electron chi connectivity index (χ3n) is 10.9. The molecule has 6 nitrogen and oxygen atoms in total. The molecule has 0 aliphatic rings. The summed E-state index contributed by atoms with van der Waals surface area (Å²) in [7, 11) is -3.50. The minimum atomic E-state index is -3.50. The lowest BCUT2D eigenvalue weighted by molar-refractivity contribution is 0.353. The molecule has 0 aromatic heterocycles. The van der Waals surface area contributed by atoms with E-state index in [1.807, 2.05) is 84.9 Å². The van der Waals surface area contributed by atoms with E-state index >= 15 is 0 Å². The number of nitrogen functional groups attached to an aromatic ring is 1. The Balaban J connectivity index is 0. The summed E-state index contributed by atoms with van der Waals surface area (Å²) in [6.45, 7) is 18.7. The van der Waals surface area contributed by atoms with Crippen molar-refractivity contribution in [2.24, 2.45) is 5.14 Å². The van der Waals surface area contributed by atoms with Crippen molar-refractivity contribution in [3.63, 3.8) is 0 Å². The van der Waals surface area contributed by atoms with Gasteiger partial charge in [-0.05, 0) is 275 Å². The van der Waals surface area contributed by atoms with Gasteiger partial charge in [0.05, 0.1) is 15.7 Å². The first-order chi connectivity index (χ1) is 44.5. The molecule has 0 fully saturated rings. The number of para-hydroxylation sites is 2. The standard InChI is InChI=1S/C11H3F7.C7H3Br5.C7H3F5.C7H4F4O.C7H3I5.C6H7NO2S.C6H7N.C6H6O.3C2H6/c1-2-5(12)3-4(7(14)6(2)13)9(16)11(18)10(17)8(3)15;4*1-2-3(8)5(10)7(12)6(11)4(2)9;7-10(8,9)6-4-2-1-3-5-6;2*7-6-4-2-1-3-5-6;3*1-2/h1H3;2*1H3;12H,1H3;1H3;1-5H,(H2,7,8,9);1-5H,7H2;1-5,7H;3*1-2H3. The molecular weight excluding hydrogens is 2220 g/mol. The van der Waals surface area contributed by atoms with Crippen molar-refractivity contribution >= 4 is 219 Å². The molecule has 0 heterocycles. The number of anilines is 1. The Hall–Kier alpha value is -2.52. The van der Waals surface area contributed by atoms with Gasteiger partial charge in [0, 0.05) is 62.6 Å². The van der Waals surface area contributed by atoms with Crippen LogP contribution in [0.25, 0.3) is 10.8 Å². The molecule has 528 valence electrons. The van der Waals surface area contributed by atoms with Crippen molar-refractivity contribution in [1.82, 2.24) is 0 Å². The smallest absolute Gasteiger partial charge is 0.238 e. The number of benzene rings is 9. The first-order valence-electron chi connectivity index (χ1n) is 26.4. The maximum Gasteiger partial charge on any atom is 0.238 e. The Bertz CT molecular complexity index is 3350. The second-order valence-electron chi connectivity index (χ2n) is 17.0. The molecule has 0 spiro atoms. The number of hydrogen-bond donors (Lipinski definition) is 4. The van der Waals surface area contributed by atoms with E-state index in [1.165, 1.54) is 35.5 Å². The quantitative estimate of drug-likeness (QED) is 0.0428. The van der Waals surface area contributed by atoms with E-state index < -0.39 is 136 Å². The Morgan fingerprint density at radius 2 is 0.562 bits per heavy atom. The predicted octanol–water partition coefficient (Wildman–Crippen LogP) is 26.0. The van der Waals surface area contributed by atoms with E-state index in [2.05, 4.69) is 200 Å². The summed E-state index contributed by atoms with van der Waals surface area (Å²) in [5.41, 5.74) is 6.14. The van der Waals surface area contributed by atoms with Gasteiger partial charge < -0.3 is 15.9 Å². The molecule has 9 aromatic rings. The molecule has 0 saturated carbocycles. The van der Waals surface area contributed by atoms with Crippen molar-refractivity contribution in [3.8, 4) is 11.5 Å². The van der Waals surface area contributed by atoms with Crippen LogP contribution in [0.2, 0.25) is 0 Å².